The van der Waals surface area contributed by atoms with Gasteiger partial charge in [-0.05, 0) is 11.6 Å². The summed E-state index contributed by atoms with van der Waals surface area (Å²) in [5.74, 6) is 0. The van der Waals surface area contributed by atoms with Crippen LogP contribution in [0.3, 0.4) is 0 Å². The molecule has 0 saturated heterocycles. The van der Waals surface area contributed by atoms with E-state index >= 15 is 0 Å². The van der Waals surface area contributed by atoms with Crippen molar-refractivity contribution in [2.24, 2.45) is 0 Å². The van der Waals surface area contributed by atoms with Crippen molar-refractivity contribution in [3.8, 4) is 0 Å². The number of halogens is 6. The zero-order chi connectivity index (χ0) is 15.1. The molecule has 9 heteroatoms. The first kappa shape index (κ1) is 16.0. The van der Waals surface area contributed by atoms with Gasteiger partial charge in [-0.15, -0.1) is 0 Å². The molecular formula is C10H9F6O2P. The van der Waals surface area contributed by atoms with Gasteiger partial charge in [-0.1, -0.05) is 18.2 Å². The first-order chi connectivity index (χ1) is 8.33. The summed E-state index contributed by atoms with van der Waals surface area (Å²) >= 11 is 0. The van der Waals surface area contributed by atoms with Gasteiger partial charge in [-0.25, -0.2) is 0 Å². The maximum Gasteiger partial charge on any atom is 0.416 e. The van der Waals surface area contributed by atoms with Gasteiger partial charge < -0.3 is 4.89 Å². The number of alkyl halides is 6. The molecule has 1 aromatic carbocycles. The van der Waals surface area contributed by atoms with Gasteiger partial charge in [-0.3, -0.25) is 4.57 Å². The fraction of sp³-hybridized carbons (Fsp3) is 0.400. The van der Waals surface area contributed by atoms with E-state index in [2.05, 4.69) is 0 Å². The number of hydrogen-bond donors (Lipinski definition) is 1. The van der Waals surface area contributed by atoms with Crippen LogP contribution in [-0.4, -0.2) is 17.7 Å². The predicted octanol–water partition coefficient (Wildman–Crippen LogP) is 4.21. The van der Waals surface area contributed by atoms with Crippen molar-refractivity contribution in [3.05, 3.63) is 35.4 Å². The summed E-state index contributed by atoms with van der Waals surface area (Å²) < 4.78 is 86.7. The van der Waals surface area contributed by atoms with Crippen molar-refractivity contribution in [2.45, 2.75) is 18.0 Å². The van der Waals surface area contributed by atoms with E-state index in [0.717, 1.165) is 12.1 Å². The van der Waals surface area contributed by atoms with Gasteiger partial charge >= 0.3 is 12.4 Å². The Balaban J connectivity index is 3.38. The Morgan fingerprint density at radius 2 is 1.68 bits per heavy atom. The van der Waals surface area contributed by atoms with E-state index in [1.54, 1.807) is 0 Å². The van der Waals surface area contributed by atoms with Crippen LogP contribution in [0.15, 0.2) is 24.3 Å². The van der Waals surface area contributed by atoms with Gasteiger partial charge in [0.15, 0.2) is 5.66 Å². The Hall–Kier alpha value is -1.01. The highest BCUT2D eigenvalue weighted by Crippen LogP contribution is 2.60. The molecule has 0 aliphatic rings. The van der Waals surface area contributed by atoms with Gasteiger partial charge in [0.2, 0.25) is 7.37 Å². The Morgan fingerprint density at radius 1 is 1.16 bits per heavy atom. The van der Waals surface area contributed by atoms with Crippen LogP contribution >= 0.6 is 7.37 Å². The normalized spacial score (nSPS) is 17.9. The van der Waals surface area contributed by atoms with E-state index in [0.29, 0.717) is 12.7 Å². The topological polar surface area (TPSA) is 37.3 Å². The lowest BCUT2D eigenvalue weighted by atomic mass is 10.1. The third kappa shape index (κ3) is 3.98. The molecule has 2 atom stereocenters. The first-order valence-electron chi connectivity index (χ1n) is 4.87. The van der Waals surface area contributed by atoms with Gasteiger partial charge in [0, 0.05) is 6.66 Å². The molecule has 0 aliphatic heterocycles. The van der Waals surface area contributed by atoms with Crippen LogP contribution in [0, 0.1) is 0 Å². The maximum absolute atomic E-state index is 12.7. The smallest absolute Gasteiger partial charge is 0.344 e. The summed E-state index contributed by atoms with van der Waals surface area (Å²) in [5, 5.41) is 0. The Bertz CT molecular complexity index is 501. The van der Waals surface area contributed by atoms with Crippen molar-refractivity contribution in [2.75, 3.05) is 6.66 Å². The fourth-order valence-corrected chi connectivity index (χ4v) is 2.88. The molecule has 0 aliphatic carbocycles. The van der Waals surface area contributed by atoms with Crippen LogP contribution in [0.5, 0.6) is 0 Å². The Morgan fingerprint density at radius 3 is 2.05 bits per heavy atom. The van der Waals surface area contributed by atoms with Gasteiger partial charge in [0.1, 0.15) is 0 Å². The summed E-state index contributed by atoms with van der Waals surface area (Å²) in [5.41, 5.74) is -5.01. The standard InChI is InChI=1S/C10H9F6O2P/c1-19(17,18)8(10(14,15)16)6-3-2-4-7(5-6)9(11,12)13/h2-5,8H,1H3,(H,17,18). The third-order valence-corrected chi connectivity index (χ3v) is 3.87. The molecule has 0 bridgehead atoms. The van der Waals surface area contributed by atoms with E-state index in [-0.39, 0.29) is 6.07 Å². The van der Waals surface area contributed by atoms with Crippen molar-refractivity contribution in [3.63, 3.8) is 0 Å². The molecular weight excluding hydrogens is 297 g/mol. The highest BCUT2D eigenvalue weighted by Gasteiger charge is 2.50. The lowest BCUT2D eigenvalue weighted by Gasteiger charge is -2.23. The minimum atomic E-state index is -5.11. The number of rotatable bonds is 2. The first-order valence-corrected chi connectivity index (χ1v) is 7.05. The van der Waals surface area contributed by atoms with Crippen molar-refractivity contribution >= 4 is 7.37 Å². The largest absolute Gasteiger partial charge is 0.416 e. The van der Waals surface area contributed by atoms with Crippen molar-refractivity contribution < 1.29 is 35.8 Å². The molecule has 108 valence electrons. The second kappa shape index (κ2) is 4.83. The van der Waals surface area contributed by atoms with Crippen LogP contribution < -0.4 is 0 Å². The predicted molar refractivity (Wildman–Crippen MR) is 56.0 cm³/mol. The fourth-order valence-electron chi connectivity index (χ4n) is 1.62. The van der Waals surface area contributed by atoms with Crippen molar-refractivity contribution in [1.29, 1.82) is 0 Å². The summed E-state index contributed by atoms with van der Waals surface area (Å²) in [6, 6.07) is 2.35. The molecule has 0 saturated carbocycles. The minimum absolute atomic E-state index is 0.241. The highest BCUT2D eigenvalue weighted by atomic mass is 31.2. The molecule has 0 amide bonds. The third-order valence-electron chi connectivity index (χ3n) is 2.32. The lowest BCUT2D eigenvalue weighted by molar-refractivity contribution is -0.139. The van der Waals surface area contributed by atoms with Gasteiger partial charge in [0.05, 0.1) is 5.56 Å². The summed E-state index contributed by atoms with van der Waals surface area (Å²) in [6.07, 6.45) is -9.93. The van der Waals surface area contributed by atoms with Gasteiger partial charge in [0.25, 0.3) is 0 Å². The summed E-state index contributed by atoms with van der Waals surface area (Å²) in [4.78, 5) is 9.11. The SMILES string of the molecule is CP(=O)(O)C(c1cccc(C(F)(F)F)c1)C(F)(F)F. The van der Waals surface area contributed by atoms with E-state index < -0.39 is 36.5 Å². The summed E-state index contributed by atoms with van der Waals surface area (Å²) in [7, 11) is -4.68. The molecule has 19 heavy (non-hydrogen) atoms. The highest BCUT2D eigenvalue weighted by molar-refractivity contribution is 7.57. The second-order valence-electron chi connectivity index (χ2n) is 4.01. The Kier molecular flexibility index (Phi) is 4.08. The minimum Gasteiger partial charge on any atom is -0.344 e. The van der Waals surface area contributed by atoms with E-state index in [4.69, 9.17) is 4.89 Å². The van der Waals surface area contributed by atoms with E-state index in [1.807, 2.05) is 0 Å². The second-order valence-corrected chi connectivity index (χ2v) is 6.41. The zero-order valence-electron chi connectivity index (χ0n) is 9.46. The Labute approximate surface area is 104 Å². The molecule has 0 aromatic heterocycles. The molecule has 2 unspecified atom stereocenters. The number of benzene rings is 1. The molecule has 0 fully saturated rings. The molecule has 0 heterocycles. The summed E-state index contributed by atoms with van der Waals surface area (Å²) in [6.45, 7) is 0.464. The molecule has 0 spiro atoms. The quantitative estimate of drug-likeness (QED) is 0.656. The maximum atomic E-state index is 12.7. The molecule has 1 aromatic rings. The zero-order valence-corrected chi connectivity index (χ0v) is 10.4. The van der Waals surface area contributed by atoms with Crippen LogP contribution in [0.1, 0.15) is 16.8 Å². The van der Waals surface area contributed by atoms with Crippen molar-refractivity contribution in [1.82, 2.24) is 0 Å². The van der Waals surface area contributed by atoms with Crippen LogP contribution in [0.2, 0.25) is 0 Å². The van der Waals surface area contributed by atoms with Crippen LogP contribution in [0.4, 0.5) is 26.3 Å². The van der Waals surface area contributed by atoms with Crippen LogP contribution in [-0.2, 0) is 10.7 Å². The molecule has 2 nitrogen and oxygen atoms in total. The van der Waals surface area contributed by atoms with Gasteiger partial charge in [-0.2, -0.15) is 26.3 Å². The molecule has 0 radical (unpaired) electrons. The average Bonchev–Trinajstić information content (AvgIpc) is 2.11. The van der Waals surface area contributed by atoms with Crippen LogP contribution in [0.25, 0.3) is 0 Å². The van der Waals surface area contributed by atoms with E-state index in [1.165, 1.54) is 0 Å². The lowest BCUT2D eigenvalue weighted by Crippen LogP contribution is -2.21. The molecule has 1 N–H and O–H groups in total. The monoisotopic (exact) mass is 306 g/mol. The molecule has 1 rings (SSSR count). The average molecular weight is 306 g/mol. The van der Waals surface area contributed by atoms with E-state index in [9.17, 15) is 30.9 Å². The number of hydrogen-bond acceptors (Lipinski definition) is 1.